The van der Waals surface area contributed by atoms with E-state index in [1.54, 1.807) is 0 Å². The van der Waals surface area contributed by atoms with Crippen molar-refractivity contribution >= 4 is 0 Å². The van der Waals surface area contributed by atoms with E-state index in [9.17, 15) is 17.6 Å². The van der Waals surface area contributed by atoms with Crippen LogP contribution in [0.5, 0.6) is 5.75 Å². The summed E-state index contributed by atoms with van der Waals surface area (Å²) in [5.74, 6) is -0.456. The predicted molar refractivity (Wildman–Crippen MR) is 54.7 cm³/mol. The predicted octanol–water partition coefficient (Wildman–Crippen LogP) is 2.28. The highest BCUT2D eigenvalue weighted by molar-refractivity contribution is 5.29. The van der Waals surface area contributed by atoms with Crippen molar-refractivity contribution in [2.45, 2.75) is 12.8 Å². The summed E-state index contributed by atoms with van der Waals surface area (Å²) in [6.07, 6.45) is -4.37. The van der Waals surface area contributed by atoms with Crippen LogP contribution in [-0.4, -0.2) is 31.1 Å². The van der Waals surface area contributed by atoms with Gasteiger partial charge in [0.25, 0.3) is 0 Å². The first-order valence-corrected chi connectivity index (χ1v) is 5.08. The molecule has 0 atom stereocenters. The SMILES string of the molecule is OCc1cc(F)cc(OCCOCC(F)(F)F)c1. The number of hydrogen-bond acceptors (Lipinski definition) is 3. The van der Waals surface area contributed by atoms with E-state index in [0.717, 1.165) is 12.1 Å². The molecular formula is C11H12F4O3. The van der Waals surface area contributed by atoms with E-state index >= 15 is 0 Å². The molecule has 0 bridgehead atoms. The van der Waals surface area contributed by atoms with Gasteiger partial charge in [0.15, 0.2) is 0 Å². The van der Waals surface area contributed by atoms with E-state index in [2.05, 4.69) is 4.74 Å². The number of ether oxygens (including phenoxy) is 2. The summed E-state index contributed by atoms with van der Waals surface area (Å²) in [5, 5.41) is 8.81. The van der Waals surface area contributed by atoms with Crippen LogP contribution in [0.15, 0.2) is 18.2 Å². The lowest BCUT2D eigenvalue weighted by atomic mass is 10.2. The summed E-state index contributed by atoms with van der Waals surface area (Å²) in [4.78, 5) is 0. The summed E-state index contributed by atoms with van der Waals surface area (Å²) in [6.45, 7) is -2.09. The minimum atomic E-state index is -4.37. The maximum absolute atomic E-state index is 13.0. The van der Waals surface area contributed by atoms with E-state index in [-0.39, 0.29) is 25.6 Å². The molecule has 0 aliphatic rings. The van der Waals surface area contributed by atoms with Gasteiger partial charge in [-0.15, -0.1) is 0 Å². The highest BCUT2D eigenvalue weighted by Gasteiger charge is 2.27. The topological polar surface area (TPSA) is 38.7 Å². The van der Waals surface area contributed by atoms with E-state index in [0.29, 0.717) is 5.56 Å². The van der Waals surface area contributed by atoms with Gasteiger partial charge in [-0.1, -0.05) is 0 Å². The molecule has 1 aromatic carbocycles. The molecule has 1 rings (SSSR count). The van der Waals surface area contributed by atoms with Gasteiger partial charge >= 0.3 is 6.18 Å². The van der Waals surface area contributed by atoms with Crippen LogP contribution in [-0.2, 0) is 11.3 Å². The minimum Gasteiger partial charge on any atom is -0.491 e. The van der Waals surface area contributed by atoms with Crippen LogP contribution in [0, 0.1) is 5.82 Å². The largest absolute Gasteiger partial charge is 0.491 e. The molecule has 0 fully saturated rings. The second kappa shape index (κ2) is 6.55. The molecule has 0 amide bonds. The van der Waals surface area contributed by atoms with Gasteiger partial charge in [-0.25, -0.2) is 4.39 Å². The van der Waals surface area contributed by atoms with E-state index in [1.807, 2.05) is 0 Å². The molecular weight excluding hydrogens is 256 g/mol. The fourth-order valence-corrected chi connectivity index (χ4v) is 1.20. The standard InChI is InChI=1S/C11H12F4O3/c12-9-3-8(6-16)4-10(5-9)18-2-1-17-7-11(13,14)15/h3-5,16H,1-2,6-7H2. The van der Waals surface area contributed by atoms with Gasteiger partial charge in [0, 0.05) is 6.07 Å². The average Bonchev–Trinajstić information content (AvgIpc) is 2.26. The molecule has 1 N–H and O–H groups in total. The molecule has 0 aliphatic carbocycles. The monoisotopic (exact) mass is 268 g/mol. The van der Waals surface area contributed by atoms with Gasteiger partial charge in [0.05, 0.1) is 13.2 Å². The van der Waals surface area contributed by atoms with Crippen molar-refractivity contribution in [1.82, 2.24) is 0 Å². The number of aliphatic hydroxyl groups excluding tert-OH is 1. The second-order valence-electron chi connectivity index (χ2n) is 3.47. The normalized spacial score (nSPS) is 11.6. The first kappa shape index (κ1) is 14.7. The van der Waals surface area contributed by atoms with Crippen LogP contribution in [0.25, 0.3) is 0 Å². The molecule has 0 spiro atoms. The van der Waals surface area contributed by atoms with Gasteiger partial charge < -0.3 is 14.6 Å². The maximum atomic E-state index is 13.0. The highest BCUT2D eigenvalue weighted by Crippen LogP contribution is 2.17. The average molecular weight is 268 g/mol. The minimum absolute atomic E-state index is 0.134. The number of aliphatic hydroxyl groups is 1. The van der Waals surface area contributed by atoms with Crippen LogP contribution >= 0.6 is 0 Å². The third-order valence-corrected chi connectivity index (χ3v) is 1.88. The lowest BCUT2D eigenvalue weighted by Gasteiger charge is -2.09. The Labute approximate surface area is 101 Å². The number of alkyl halides is 3. The maximum Gasteiger partial charge on any atom is 0.411 e. The Bertz CT molecular complexity index is 379. The Morgan fingerprint density at radius 1 is 1.11 bits per heavy atom. The third kappa shape index (κ3) is 5.83. The Balaban J connectivity index is 2.33. The van der Waals surface area contributed by atoms with Gasteiger partial charge in [0.1, 0.15) is 24.8 Å². The number of benzene rings is 1. The van der Waals surface area contributed by atoms with E-state index < -0.39 is 18.6 Å². The molecule has 18 heavy (non-hydrogen) atoms. The molecule has 0 aliphatic heterocycles. The van der Waals surface area contributed by atoms with Crippen molar-refractivity contribution in [3.63, 3.8) is 0 Å². The van der Waals surface area contributed by atoms with Gasteiger partial charge in [-0.3, -0.25) is 0 Å². The fourth-order valence-electron chi connectivity index (χ4n) is 1.20. The highest BCUT2D eigenvalue weighted by atomic mass is 19.4. The van der Waals surface area contributed by atoms with Crippen molar-refractivity contribution < 1.29 is 32.1 Å². The Hall–Kier alpha value is -1.34. The first-order valence-electron chi connectivity index (χ1n) is 5.08. The van der Waals surface area contributed by atoms with Crippen molar-refractivity contribution in [2.24, 2.45) is 0 Å². The fraction of sp³-hybridized carbons (Fsp3) is 0.455. The molecule has 0 saturated carbocycles. The molecule has 0 heterocycles. The molecule has 1 aromatic rings. The molecule has 0 unspecified atom stereocenters. The van der Waals surface area contributed by atoms with Crippen molar-refractivity contribution in [1.29, 1.82) is 0 Å². The first-order chi connectivity index (χ1) is 8.40. The van der Waals surface area contributed by atoms with Crippen molar-refractivity contribution in [2.75, 3.05) is 19.8 Å². The lowest BCUT2D eigenvalue weighted by Crippen LogP contribution is -2.19. The zero-order valence-corrected chi connectivity index (χ0v) is 9.34. The number of hydrogen-bond donors (Lipinski definition) is 1. The molecule has 0 radical (unpaired) electrons. The van der Waals surface area contributed by atoms with Gasteiger partial charge in [0.2, 0.25) is 0 Å². The second-order valence-corrected chi connectivity index (χ2v) is 3.47. The van der Waals surface area contributed by atoms with Crippen LogP contribution in [0.3, 0.4) is 0 Å². The smallest absolute Gasteiger partial charge is 0.411 e. The van der Waals surface area contributed by atoms with Gasteiger partial charge in [-0.05, 0) is 17.7 Å². The third-order valence-electron chi connectivity index (χ3n) is 1.88. The van der Waals surface area contributed by atoms with Crippen LogP contribution < -0.4 is 4.74 Å². The quantitative estimate of drug-likeness (QED) is 0.635. The summed E-state index contributed by atoms with van der Waals surface area (Å²) in [5.41, 5.74) is 0.321. The molecule has 0 saturated heterocycles. The molecule has 7 heteroatoms. The zero-order valence-electron chi connectivity index (χ0n) is 9.34. The summed E-state index contributed by atoms with van der Waals surface area (Å²) in [7, 11) is 0. The van der Waals surface area contributed by atoms with Crippen LogP contribution in [0.1, 0.15) is 5.56 Å². The molecule has 102 valence electrons. The van der Waals surface area contributed by atoms with Crippen LogP contribution in [0.4, 0.5) is 17.6 Å². The van der Waals surface area contributed by atoms with Crippen molar-refractivity contribution in [3.05, 3.63) is 29.6 Å². The summed E-state index contributed by atoms with van der Waals surface area (Å²) >= 11 is 0. The van der Waals surface area contributed by atoms with E-state index in [4.69, 9.17) is 9.84 Å². The van der Waals surface area contributed by atoms with Gasteiger partial charge in [-0.2, -0.15) is 13.2 Å². The molecule has 0 aromatic heterocycles. The van der Waals surface area contributed by atoms with Crippen LogP contribution in [0.2, 0.25) is 0 Å². The number of halogens is 4. The Morgan fingerprint density at radius 3 is 2.44 bits per heavy atom. The Kier molecular flexibility index (Phi) is 5.36. The zero-order chi connectivity index (χ0) is 13.6. The van der Waals surface area contributed by atoms with Crippen molar-refractivity contribution in [3.8, 4) is 5.75 Å². The van der Waals surface area contributed by atoms with E-state index in [1.165, 1.54) is 6.07 Å². The summed E-state index contributed by atoms with van der Waals surface area (Å²) in [6, 6.07) is 3.60. The summed E-state index contributed by atoms with van der Waals surface area (Å²) < 4.78 is 57.4. The number of rotatable bonds is 6. The Morgan fingerprint density at radius 2 is 1.83 bits per heavy atom. The molecule has 3 nitrogen and oxygen atoms in total. The lowest BCUT2D eigenvalue weighted by molar-refractivity contribution is -0.175.